The monoisotopic (exact) mass is 553 g/mol. The van der Waals surface area contributed by atoms with E-state index in [0.717, 1.165) is 0 Å². The zero-order chi connectivity index (χ0) is 29.5. The highest BCUT2D eigenvalue weighted by atomic mass is 16.4. The summed E-state index contributed by atoms with van der Waals surface area (Å²) in [5, 5.41) is 59.4. The van der Waals surface area contributed by atoms with Crippen LogP contribution in [0.25, 0.3) is 0 Å². The lowest BCUT2D eigenvalue weighted by molar-refractivity contribution is -0.145. The van der Waals surface area contributed by atoms with Crippen LogP contribution in [-0.2, 0) is 24.0 Å². The molecule has 15 heteroatoms. The third-order valence-electron chi connectivity index (χ3n) is 5.41. The summed E-state index contributed by atoms with van der Waals surface area (Å²) < 4.78 is 0. The highest BCUT2D eigenvalue weighted by molar-refractivity contribution is 5.92. The Morgan fingerprint density at radius 1 is 0.923 bits per heavy atom. The molecule has 4 amide bonds. The van der Waals surface area contributed by atoms with E-state index in [1.807, 2.05) is 0 Å². The van der Waals surface area contributed by atoms with Crippen molar-refractivity contribution in [2.45, 2.75) is 49.3 Å². The minimum atomic E-state index is -2.30. The van der Waals surface area contributed by atoms with Crippen LogP contribution >= 0.6 is 0 Å². The predicted octanol–water partition coefficient (Wildman–Crippen LogP) is -3.99. The maximum absolute atomic E-state index is 12.7. The van der Waals surface area contributed by atoms with E-state index in [-0.39, 0.29) is 13.1 Å². The van der Waals surface area contributed by atoms with Gasteiger partial charge in [-0.3, -0.25) is 24.0 Å². The van der Waals surface area contributed by atoms with Crippen LogP contribution in [0.4, 0.5) is 0 Å². The van der Waals surface area contributed by atoms with Crippen molar-refractivity contribution < 1.29 is 49.5 Å². The summed E-state index contributed by atoms with van der Waals surface area (Å²) in [7, 11) is 0. The van der Waals surface area contributed by atoms with Crippen LogP contribution in [0, 0.1) is 0 Å². The van der Waals surface area contributed by atoms with Gasteiger partial charge in [-0.25, -0.2) is 0 Å². The van der Waals surface area contributed by atoms with E-state index in [1.165, 1.54) is 6.08 Å². The molecule has 15 nitrogen and oxygen atoms in total. The fraction of sp³-hybridized carbons (Fsp3) is 0.458. The number of benzene rings is 1. The van der Waals surface area contributed by atoms with Crippen molar-refractivity contribution in [2.24, 2.45) is 5.73 Å². The first-order valence-electron chi connectivity index (χ1n) is 11.8. The molecule has 11 N–H and O–H groups in total. The molecular weight excluding hydrogens is 518 g/mol. The summed E-state index contributed by atoms with van der Waals surface area (Å²) in [6, 6.07) is 3.71. The Balaban J connectivity index is 2.90. The van der Waals surface area contributed by atoms with Crippen molar-refractivity contribution in [2.75, 3.05) is 19.7 Å². The average molecular weight is 554 g/mol. The van der Waals surface area contributed by atoms with Crippen molar-refractivity contribution in [3.63, 3.8) is 0 Å². The molecule has 39 heavy (non-hydrogen) atoms. The topological polar surface area (TPSA) is 261 Å². The van der Waals surface area contributed by atoms with Crippen LogP contribution in [0.2, 0.25) is 0 Å². The van der Waals surface area contributed by atoms with Gasteiger partial charge in [0.15, 0.2) is 6.10 Å². The second kappa shape index (κ2) is 16.8. The maximum Gasteiger partial charge on any atom is 0.305 e. The molecule has 0 radical (unpaired) electrons. The van der Waals surface area contributed by atoms with Crippen molar-refractivity contribution in [1.29, 1.82) is 0 Å². The quantitative estimate of drug-likeness (QED) is 0.0619. The van der Waals surface area contributed by atoms with Gasteiger partial charge in [-0.2, -0.15) is 0 Å². The summed E-state index contributed by atoms with van der Waals surface area (Å²) >= 11 is 0. The Morgan fingerprint density at radius 3 is 2.10 bits per heavy atom. The van der Waals surface area contributed by atoms with E-state index in [9.17, 15) is 44.4 Å². The number of hydrogen-bond acceptors (Lipinski definition) is 10. The summed E-state index contributed by atoms with van der Waals surface area (Å²) in [4.78, 5) is 59.9. The zero-order valence-electron chi connectivity index (χ0n) is 21.0. The third-order valence-corrected chi connectivity index (χ3v) is 5.41. The number of carbonyl (C=O) groups is 5. The first-order valence-corrected chi connectivity index (χ1v) is 11.8. The van der Waals surface area contributed by atoms with Crippen molar-refractivity contribution in [1.82, 2.24) is 21.3 Å². The van der Waals surface area contributed by atoms with Crippen LogP contribution in [0.15, 0.2) is 43.0 Å². The number of amides is 4. The van der Waals surface area contributed by atoms with E-state index in [2.05, 4.69) is 27.8 Å². The normalized spacial score (nSPS) is 15.5. The second-order valence-electron chi connectivity index (χ2n) is 8.50. The number of carboxylic acid groups (broad SMARTS) is 1. The maximum atomic E-state index is 12.7. The van der Waals surface area contributed by atoms with Gasteiger partial charge in [-0.05, 0) is 5.56 Å². The Kier molecular flexibility index (Phi) is 14.3. The molecule has 0 saturated heterocycles. The molecule has 0 spiro atoms. The van der Waals surface area contributed by atoms with Crippen LogP contribution < -0.4 is 27.0 Å². The second-order valence-corrected chi connectivity index (χ2v) is 8.50. The number of aliphatic carboxylic acids is 1. The standard InChI is InChI=1S/C24H35N5O10/c1-2-8-26-11-18(32)27-15(9-17(25)31)23(38)29-16(12-30)20(35)21(36)22(37)24(39)28-14(10-19(33)34)13-6-4-3-5-7-13/h2-7,14-16,20-22,26,30,35-37H,1,8-12H2,(H2,25,31)(H,27,32)(H,28,39)(H,29,38)(H,33,34)/t14-,15-,16-,20+,21+,22-/m0/s1. The number of carboxylic acids is 1. The minimum Gasteiger partial charge on any atom is -0.481 e. The lowest BCUT2D eigenvalue weighted by atomic mass is 9.98. The predicted molar refractivity (Wildman–Crippen MR) is 135 cm³/mol. The van der Waals surface area contributed by atoms with E-state index < -0.39 is 85.5 Å². The number of nitrogens with one attached hydrogen (secondary N) is 4. The molecule has 0 aliphatic rings. The van der Waals surface area contributed by atoms with Crippen LogP contribution in [0.1, 0.15) is 24.4 Å². The fourth-order valence-electron chi connectivity index (χ4n) is 3.42. The molecule has 1 rings (SSSR count). The van der Waals surface area contributed by atoms with Crippen molar-refractivity contribution in [3.8, 4) is 0 Å². The van der Waals surface area contributed by atoms with Gasteiger partial charge in [0.1, 0.15) is 18.2 Å². The summed E-state index contributed by atoms with van der Waals surface area (Å²) in [5.74, 6) is -5.17. The Morgan fingerprint density at radius 2 is 1.56 bits per heavy atom. The first kappa shape index (κ1) is 33.1. The Bertz CT molecular complexity index is 993. The highest BCUT2D eigenvalue weighted by Gasteiger charge is 2.37. The van der Waals surface area contributed by atoms with Gasteiger partial charge in [-0.15, -0.1) is 6.58 Å². The van der Waals surface area contributed by atoms with Crippen molar-refractivity contribution in [3.05, 3.63) is 48.6 Å². The van der Waals surface area contributed by atoms with Crippen molar-refractivity contribution >= 4 is 29.6 Å². The Labute approximate surface area is 224 Å². The molecule has 0 saturated carbocycles. The summed E-state index contributed by atoms with van der Waals surface area (Å²) in [6.07, 6.45) is -6.37. The number of primary amides is 1. The van der Waals surface area contributed by atoms with E-state index in [4.69, 9.17) is 10.8 Å². The molecular formula is C24H35N5O10. The van der Waals surface area contributed by atoms with Gasteiger partial charge in [0.2, 0.25) is 17.7 Å². The summed E-state index contributed by atoms with van der Waals surface area (Å²) in [5.41, 5.74) is 5.53. The molecule has 216 valence electrons. The summed E-state index contributed by atoms with van der Waals surface area (Å²) in [6.45, 7) is 2.54. The molecule has 0 aromatic heterocycles. The highest BCUT2D eigenvalue weighted by Crippen LogP contribution is 2.17. The fourth-order valence-corrected chi connectivity index (χ4v) is 3.42. The molecule has 0 unspecified atom stereocenters. The van der Waals surface area contributed by atoms with Crippen LogP contribution in [0.3, 0.4) is 0 Å². The van der Waals surface area contributed by atoms with E-state index >= 15 is 0 Å². The SMILES string of the molecule is C=CCNCC(=O)N[C@@H](CC(N)=O)C(=O)N[C@@H](CO)[C@@H](O)[C@@H](O)[C@H](O)C(=O)N[C@@H](CC(=O)O)c1ccccc1. The number of hydrogen-bond donors (Lipinski definition) is 10. The number of rotatable bonds is 18. The van der Waals surface area contributed by atoms with Gasteiger partial charge in [0.25, 0.3) is 5.91 Å². The molecule has 0 aliphatic carbocycles. The molecule has 1 aromatic carbocycles. The van der Waals surface area contributed by atoms with E-state index in [1.54, 1.807) is 30.3 Å². The molecule has 6 atom stereocenters. The van der Waals surface area contributed by atoms with Gasteiger partial charge in [0.05, 0.1) is 38.1 Å². The largest absolute Gasteiger partial charge is 0.481 e. The number of aliphatic hydroxyl groups is 4. The molecule has 0 fully saturated rings. The minimum absolute atomic E-state index is 0.230. The third kappa shape index (κ3) is 11.6. The molecule has 0 heterocycles. The van der Waals surface area contributed by atoms with Gasteiger partial charge >= 0.3 is 5.97 Å². The van der Waals surface area contributed by atoms with E-state index in [0.29, 0.717) is 5.56 Å². The molecule has 0 aliphatic heterocycles. The first-order chi connectivity index (χ1) is 18.4. The van der Waals surface area contributed by atoms with Crippen LogP contribution in [-0.4, -0.2) is 105 Å². The number of carbonyl (C=O) groups excluding carboxylic acids is 4. The lowest BCUT2D eigenvalue weighted by Crippen LogP contribution is -2.59. The average Bonchev–Trinajstić information content (AvgIpc) is 2.89. The smallest absolute Gasteiger partial charge is 0.305 e. The lowest BCUT2D eigenvalue weighted by Gasteiger charge is -2.30. The van der Waals surface area contributed by atoms with Gasteiger partial charge in [-0.1, -0.05) is 36.4 Å². The Hall–Kier alpha value is -3.89. The van der Waals surface area contributed by atoms with Gasteiger partial charge < -0.3 is 52.5 Å². The zero-order valence-corrected chi connectivity index (χ0v) is 21.0. The molecule has 0 bridgehead atoms. The number of aliphatic hydroxyl groups excluding tert-OH is 4. The number of nitrogens with two attached hydrogens (primary N) is 1. The molecule has 1 aromatic rings. The van der Waals surface area contributed by atoms with Crippen LogP contribution in [0.5, 0.6) is 0 Å². The van der Waals surface area contributed by atoms with Gasteiger partial charge in [0, 0.05) is 6.54 Å².